The third kappa shape index (κ3) is 6.30. The molecule has 0 amide bonds. The largest absolute Gasteiger partial charge is 0.456 e. The smallest absolute Gasteiger partial charge is 0.161 e. The van der Waals surface area contributed by atoms with Crippen molar-refractivity contribution in [1.29, 1.82) is 0 Å². The molecule has 6 nitrogen and oxygen atoms in total. The Balaban J connectivity index is 0.863. The Kier molecular flexibility index (Phi) is 8.85. The van der Waals surface area contributed by atoms with Crippen molar-refractivity contribution in [1.82, 2.24) is 4.40 Å². The molecule has 5 heterocycles. The molecule has 18 rings (SSSR count). The number of anilines is 6. The summed E-state index contributed by atoms with van der Waals surface area (Å²) in [4.78, 5) is 4.72. The molecule has 18 aromatic rings. The number of aromatic nitrogens is 1. The van der Waals surface area contributed by atoms with Crippen LogP contribution in [0.5, 0.6) is 0 Å². The van der Waals surface area contributed by atoms with E-state index < -0.39 is 0 Å². The SMILES string of the molecule is c1ccc(-c2cc3c4ccc5cc(N(c6ccc7ccccc7c6)c6ccc7oc8ccccc8c7c6)ccc5c4n4c3c(c2)c2oc3cc(N(c5ccc6ccccc6c5)c5ccc6oc7ccccc7c6c5)ccc3c24)cc1. The molecule has 0 aliphatic carbocycles. The van der Waals surface area contributed by atoms with Gasteiger partial charge in [0, 0.05) is 88.7 Å². The van der Waals surface area contributed by atoms with Crippen LogP contribution in [-0.2, 0) is 0 Å². The van der Waals surface area contributed by atoms with Gasteiger partial charge >= 0.3 is 0 Å². The Morgan fingerprint density at radius 3 is 1.31 bits per heavy atom. The fourth-order valence-corrected chi connectivity index (χ4v) is 13.1. The maximum absolute atomic E-state index is 7.30. The summed E-state index contributed by atoms with van der Waals surface area (Å²) in [7, 11) is 0. The van der Waals surface area contributed by atoms with Crippen LogP contribution >= 0.6 is 0 Å². The van der Waals surface area contributed by atoms with Gasteiger partial charge in [-0.25, -0.2) is 0 Å². The lowest BCUT2D eigenvalue weighted by molar-refractivity contribution is 0.668. The average Bonchev–Trinajstić information content (AvgIpc) is 3.44. The monoisotopic (exact) mass is 1020 g/mol. The highest BCUT2D eigenvalue weighted by molar-refractivity contribution is 6.30. The van der Waals surface area contributed by atoms with Crippen molar-refractivity contribution in [2.75, 3.05) is 9.80 Å². The van der Waals surface area contributed by atoms with E-state index in [0.29, 0.717) is 0 Å². The Labute approximate surface area is 456 Å². The van der Waals surface area contributed by atoms with E-state index in [1.54, 1.807) is 0 Å². The van der Waals surface area contributed by atoms with Gasteiger partial charge in [-0.3, -0.25) is 0 Å². The predicted molar refractivity (Wildman–Crippen MR) is 333 cm³/mol. The summed E-state index contributed by atoms with van der Waals surface area (Å²) < 4.78 is 22.5. The molecule has 13 aromatic carbocycles. The van der Waals surface area contributed by atoms with E-state index in [-0.39, 0.29) is 0 Å². The van der Waals surface area contributed by atoms with Crippen molar-refractivity contribution >= 4 is 160 Å². The Morgan fingerprint density at radius 2 is 0.675 bits per heavy atom. The summed E-state index contributed by atoms with van der Waals surface area (Å²) in [6, 6.07) is 94.0. The quantitative estimate of drug-likeness (QED) is 0.159. The van der Waals surface area contributed by atoms with Crippen molar-refractivity contribution in [3.8, 4) is 11.1 Å². The average molecular weight is 1020 g/mol. The minimum atomic E-state index is 0.815. The Morgan fingerprint density at radius 1 is 0.225 bits per heavy atom. The van der Waals surface area contributed by atoms with Crippen LogP contribution < -0.4 is 9.80 Å². The van der Waals surface area contributed by atoms with Crippen molar-refractivity contribution < 1.29 is 13.3 Å². The van der Waals surface area contributed by atoms with Gasteiger partial charge in [-0.1, -0.05) is 146 Å². The number of nitrogens with zero attached hydrogens (tertiary/aromatic N) is 3. The number of hydrogen-bond donors (Lipinski definition) is 0. The van der Waals surface area contributed by atoms with Crippen molar-refractivity contribution in [3.05, 3.63) is 261 Å². The van der Waals surface area contributed by atoms with E-state index in [1.165, 1.54) is 32.3 Å². The van der Waals surface area contributed by atoms with Gasteiger partial charge in [0.2, 0.25) is 0 Å². The van der Waals surface area contributed by atoms with Gasteiger partial charge in [-0.05, 0) is 147 Å². The van der Waals surface area contributed by atoms with Crippen LogP contribution in [0, 0.1) is 0 Å². The van der Waals surface area contributed by atoms with Crippen molar-refractivity contribution in [2.24, 2.45) is 0 Å². The third-order valence-corrected chi connectivity index (χ3v) is 16.8. The van der Waals surface area contributed by atoms with Crippen LogP contribution in [0.25, 0.3) is 137 Å². The van der Waals surface area contributed by atoms with Crippen LogP contribution in [0.15, 0.2) is 274 Å². The first-order valence-electron chi connectivity index (χ1n) is 27.2. The second-order valence-corrected chi connectivity index (χ2v) is 21.2. The zero-order valence-electron chi connectivity index (χ0n) is 42.9. The van der Waals surface area contributed by atoms with Gasteiger partial charge in [-0.15, -0.1) is 0 Å². The topological polar surface area (TPSA) is 50.3 Å². The maximum Gasteiger partial charge on any atom is 0.161 e. The fourth-order valence-electron chi connectivity index (χ4n) is 13.1. The van der Waals surface area contributed by atoms with Gasteiger partial charge < -0.3 is 27.5 Å². The van der Waals surface area contributed by atoms with Crippen LogP contribution in [0.1, 0.15) is 0 Å². The molecular formula is C74H43N3O3. The van der Waals surface area contributed by atoms with E-state index in [2.05, 4.69) is 251 Å². The second kappa shape index (κ2) is 16.4. The minimum Gasteiger partial charge on any atom is -0.456 e. The maximum atomic E-state index is 7.30. The molecule has 5 aromatic heterocycles. The summed E-state index contributed by atoms with van der Waals surface area (Å²) in [5.74, 6) is 0. The summed E-state index contributed by atoms with van der Waals surface area (Å²) in [6.07, 6.45) is 0. The van der Waals surface area contributed by atoms with E-state index in [0.717, 1.165) is 138 Å². The lowest BCUT2D eigenvalue weighted by atomic mass is 9.99. The first-order chi connectivity index (χ1) is 39.6. The number of benzene rings is 13. The molecule has 0 spiro atoms. The van der Waals surface area contributed by atoms with Crippen molar-refractivity contribution in [3.63, 3.8) is 0 Å². The lowest BCUT2D eigenvalue weighted by Gasteiger charge is -2.26. The summed E-state index contributed by atoms with van der Waals surface area (Å²) in [5.41, 5.74) is 17.1. The fraction of sp³-hybridized carbons (Fsp3) is 0. The van der Waals surface area contributed by atoms with Crippen LogP contribution in [0.3, 0.4) is 0 Å². The zero-order valence-corrected chi connectivity index (χ0v) is 42.9. The van der Waals surface area contributed by atoms with Crippen molar-refractivity contribution in [2.45, 2.75) is 0 Å². The normalized spacial score (nSPS) is 12.2. The molecule has 0 radical (unpaired) electrons. The van der Waals surface area contributed by atoms with Gasteiger partial charge in [-0.2, -0.15) is 0 Å². The van der Waals surface area contributed by atoms with Gasteiger partial charge in [0.1, 0.15) is 33.4 Å². The number of hydrogen-bond acceptors (Lipinski definition) is 5. The third-order valence-electron chi connectivity index (χ3n) is 16.8. The highest BCUT2D eigenvalue weighted by atomic mass is 16.3. The predicted octanol–water partition coefficient (Wildman–Crippen LogP) is 21.4. The Bertz CT molecular complexity index is 5590. The molecule has 372 valence electrons. The van der Waals surface area contributed by atoms with Crippen LogP contribution in [0.4, 0.5) is 34.1 Å². The Hall–Kier alpha value is -10.8. The molecule has 0 aliphatic rings. The van der Waals surface area contributed by atoms with Gasteiger partial charge in [0.15, 0.2) is 5.58 Å². The first-order valence-corrected chi connectivity index (χ1v) is 27.2. The second-order valence-electron chi connectivity index (χ2n) is 21.2. The molecule has 0 aliphatic heterocycles. The van der Waals surface area contributed by atoms with Gasteiger partial charge in [0.25, 0.3) is 0 Å². The molecule has 0 unspecified atom stereocenters. The molecule has 0 fully saturated rings. The molecule has 0 saturated heterocycles. The molecule has 0 atom stereocenters. The van der Waals surface area contributed by atoms with Crippen LogP contribution in [-0.4, -0.2) is 4.40 Å². The van der Waals surface area contributed by atoms with E-state index in [9.17, 15) is 0 Å². The highest BCUT2D eigenvalue weighted by Crippen LogP contribution is 2.49. The molecule has 6 heteroatoms. The summed E-state index contributed by atoms with van der Waals surface area (Å²) in [6.45, 7) is 0. The lowest BCUT2D eigenvalue weighted by Crippen LogP contribution is -2.10. The van der Waals surface area contributed by atoms with Gasteiger partial charge in [0.05, 0.1) is 11.0 Å². The number of para-hydroxylation sites is 2. The number of rotatable bonds is 7. The first kappa shape index (κ1) is 43.3. The highest BCUT2D eigenvalue weighted by Gasteiger charge is 2.27. The molecule has 0 saturated carbocycles. The van der Waals surface area contributed by atoms with E-state index in [1.807, 2.05) is 24.3 Å². The molecular weight excluding hydrogens is 979 g/mol. The molecule has 0 bridgehead atoms. The van der Waals surface area contributed by atoms with E-state index >= 15 is 0 Å². The molecule has 80 heavy (non-hydrogen) atoms. The minimum absolute atomic E-state index is 0.815. The summed E-state index contributed by atoms with van der Waals surface area (Å²) in [5, 5.41) is 15.9. The summed E-state index contributed by atoms with van der Waals surface area (Å²) >= 11 is 0. The molecule has 0 N–H and O–H groups in total. The zero-order chi connectivity index (χ0) is 52.2. The van der Waals surface area contributed by atoms with E-state index in [4.69, 9.17) is 13.3 Å². The number of furan rings is 3. The standard InChI is InChI=1S/C74H43N3O3/c1-2-12-44(13-3-1)50-39-64-60-31-24-49-38-53(75(51-25-22-45-14-4-6-16-47(45)36-51)54-29-34-68-62(41-54)58-18-8-10-20-66(58)78-68)27-32-57(49)71(60)77-72(64)65(40-50)74-73(77)61-33-28-56(43-70(61)80-74)76(52-26-23-46-15-5-7-17-48(46)37-52)55-30-35-69-63(42-55)59-19-9-11-21-67(59)79-69/h1-43H. The number of fused-ring (bicyclic) bond motifs is 18. The van der Waals surface area contributed by atoms with Crippen LogP contribution in [0.2, 0.25) is 0 Å².